The highest BCUT2D eigenvalue weighted by molar-refractivity contribution is 5.82. The molecule has 1 aromatic heterocycles. The molecule has 0 saturated carbocycles. The third-order valence-corrected chi connectivity index (χ3v) is 4.44. The molecule has 2 heterocycles. The maximum absolute atomic E-state index is 13.9. The number of hydrogen-bond donors (Lipinski definition) is 3. The van der Waals surface area contributed by atoms with E-state index in [1.807, 2.05) is 31.5 Å². The van der Waals surface area contributed by atoms with E-state index in [-0.39, 0.29) is 23.8 Å². The van der Waals surface area contributed by atoms with E-state index in [2.05, 4.69) is 21.3 Å². The lowest BCUT2D eigenvalue weighted by Gasteiger charge is -2.17. The summed E-state index contributed by atoms with van der Waals surface area (Å²) in [6.45, 7) is 6.51. The van der Waals surface area contributed by atoms with Gasteiger partial charge in [-0.1, -0.05) is 18.2 Å². The highest BCUT2D eigenvalue weighted by atomic mass is 19.1. The number of benzene rings is 1. The van der Waals surface area contributed by atoms with Crippen LogP contribution in [0.4, 0.5) is 4.39 Å². The van der Waals surface area contributed by atoms with Gasteiger partial charge in [-0.3, -0.25) is 9.48 Å². The van der Waals surface area contributed by atoms with E-state index in [0.29, 0.717) is 18.5 Å². The van der Waals surface area contributed by atoms with Gasteiger partial charge in [0, 0.05) is 17.3 Å². The summed E-state index contributed by atoms with van der Waals surface area (Å²) in [7, 11) is 0. The maximum atomic E-state index is 13.9. The summed E-state index contributed by atoms with van der Waals surface area (Å²) < 4.78 is 15.8. The molecule has 0 bridgehead atoms. The molecule has 6 nitrogen and oxygen atoms in total. The van der Waals surface area contributed by atoms with E-state index in [4.69, 9.17) is 0 Å². The number of aryl methyl sites for hydroxylation is 2. The minimum Gasteiger partial charge on any atom is -0.350 e. The van der Waals surface area contributed by atoms with Crippen molar-refractivity contribution in [3.8, 4) is 0 Å². The molecular formula is C18H24FN5O. The molecule has 3 N–H and O–H groups in total. The Morgan fingerprint density at radius 3 is 2.84 bits per heavy atom. The van der Waals surface area contributed by atoms with Crippen LogP contribution in [0.15, 0.2) is 30.3 Å². The molecule has 1 aliphatic rings. The van der Waals surface area contributed by atoms with Crippen LogP contribution in [-0.4, -0.2) is 27.8 Å². The van der Waals surface area contributed by atoms with Crippen LogP contribution in [0.5, 0.6) is 0 Å². The fourth-order valence-corrected chi connectivity index (χ4v) is 3.20. The number of carbonyl (C=O) groups is 1. The molecule has 3 unspecified atom stereocenters. The van der Waals surface area contributed by atoms with Gasteiger partial charge in [-0.2, -0.15) is 5.10 Å². The second-order valence-electron chi connectivity index (χ2n) is 6.67. The molecule has 3 rings (SSSR count). The van der Waals surface area contributed by atoms with Crippen molar-refractivity contribution in [1.29, 1.82) is 0 Å². The Balaban J connectivity index is 1.55. The Labute approximate surface area is 146 Å². The van der Waals surface area contributed by atoms with Crippen molar-refractivity contribution in [3.05, 3.63) is 53.1 Å². The van der Waals surface area contributed by atoms with E-state index in [0.717, 1.165) is 11.4 Å². The SMILES string of the molecule is Cc1cc(C)n(CC(C)NC(=O)C2CC(c3ccccc3F)NN2)n1. The third-order valence-electron chi connectivity index (χ3n) is 4.44. The van der Waals surface area contributed by atoms with Gasteiger partial charge < -0.3 is 5.32 Å². The summed E-state index contributed by atoms with van der Waals surface area (Å²) in [6, 6.07) is 7.96. The van der Waals surface area contributed by atoms with Crippen LogP contribution in [-0.2, 0) is 11.3 Å². The first kappa shape index (κ1) is 17.6. The molecule has 1 saturated heterocycles. The van der Waals surface area contributed by atoms with Crippen molar-refractivity contribution < 1.29 is 9.18 Å². The Morgan fingerprint density at radius 2 is 2.16 bits per heavy atom. The molecule has 2 aromatic rings. The van der Waals surface area contributed by atoms with Crippen LogP contribution in [0, 0.1) is 19.7 Å². The molecule has 0 aliphatic carbocycles. The second kappa shape index (κ2) is 7.33. The number of amides is 1. The zero-order valence-corrected chi connectivity index (χ0v) is 14.7. The van der Waals surface area contributed by atoms with Crippen molar-refractivity contribution in [2.45, 2.75) is 51.9 Å². The standard InChI is InChI=1S/C18H24FN5O/c1-11-8-13(3)24(23-11)10-12(2)20-18(25)17-9-16(21-22-17)14-6-4-5-7-15(14)19/h4-8,12,16-17,21-22H,9-10H2,1-3H3,(H,20,25). The first-order valence-electron chi connectivity index (χ1n) is 8.51. The van der Waals surface area contributed by atoms with E-state index < -0.39 is 6.04 Å². The number of carbonyl (C=O) groups excluding carboxylic acids is 1. The third kappa shape index (κ3) is 4.05. The summed E-state index contributed by atoms with van der Waals surface area (Å²) in [6.07, 6.45) is 0.499. The van der Waals surface area contributed by atoms with Crippen molar-refractivity contribution in [2.24, 2.45) is 0 Å². The highest BCUT2D eigenvalue weighted by Crippen LogP contribution is 2.24. The quantitative estimate of drug-likeness (QED) is 0.772. The molecule has 3 atom stereocenters. The van der Waals surface area contributed by atoms with Gasteiger partial charge in [0.05, 0.1) is 18.3 Å². The Bertz CT molecular complexity index is 760. The van der Waals surface area contributed by atoms with E-state index >= 15 is 0 Å². The van der Waals surface area contributed by atoms with Crippen LogP contribution in [0.3, 0.4) is 0 Å². The fourth-order valence-electron chi connectivity index (χ4n) is 3.20. The number of nitrogens with one attached hydrogen (secondary N) is 3. The molecule has 1 fully saturated rings. The predicted octanol–water partition coefficient (Wildman–Crippen LogP) is 1.75. The van der Waals surface area contributed by atoms with Crippen molar-refractivity contribution >= 4 is 5.91 Å². The molecular weight excluding hydrogens is 321 g/mol. The summed E-state index contributed by atoms with van der Waals surface area (Å²) in [4.78, 5) is 12.5. The number of hydrazine groups is 1. The molecule has 1 aliphatic heterocycles. The maximum Gasteiger partial charge on any atom is 0.238 e. The molecule has 0 radical (unpaired) electrons. The smallest absolute Gasteiger partial charge is 0.238 e. The van der Waals surface area contributed by atoms with Crippen LogP contribution < -0.4 is 16.2 Å². The van der Waals surface area contributed by atoms with E-state index in [9.17, 15) is 9.18 Å². The zero-order chi connectivity index (χ0) is 18.0. The van der Waals surface area contributed by atoms with Gasteiger partial charge in [-0.15, -0.1) is 0 Å². The highest BCUT2D eigenvalue weighted by Gasteiger charge is 2.31. The number of nitrogens with zero attached hydrogens (tertiary/aromatic N) is 2. The Kier molecular flexibility index (Phi) is 5.15. The number of rotatable bonds is 5. The van der Waals surface area contributed by atoms with Crippen molar-refractivity contribution in [2.75, 3.05) is 0 Å². The second-order valence-corrected chi connectivity index (χ2v) is 6.67. The van der Waals surface area contributed by atoms with E-state index in [1.54, 1.807) is 18.2 Å². The zero-order valence-electron chi connectivity index (χ0n) is 14.7. The Hall–Kier alpha value is -2.25. The van der Waals surface area contributed by atoms with Crippen molar-refractivity contribution in [1.82, 2.24) is 25.9 Å². The van der Waals surface area contributed by atoms with Gasteiger partial charge in [0.2, 0.25) is 5.91 Å². The lowest BCUT2D eigenvalue weighted by atomic mass is 10.0. The van der Waals surface area contributed by atoms with Crippen LogP contribution in [0.25, 0.3) is 0 Å². The molecule has 1 amide bonds. The summed E-state index contributed by atoms with van der Waals surface area (Å²) in [5.74, 6) is -0.360. The topological polar surface area (TPSA) is 71.0 Å². The van der Waals surface area contributed by atoms with Gasteiger partial charge in [0.1, 0.15) is 11.9 Å². The van der Waals surface area contributed by atoms with Gasteiger partial charge in [0.15, 0.2) is 0 Å². The molecule has 0 spiro atoms. The Morgan fingerprint density at radius 1 is 1.40 bits per heavy atom. The van der Waals surface area contributed by atoms with Crippen LogP contribution >= 0.6 is 0 Å². The summed E-state index contributed by atoms with van der Waals surface area (Å²) in [5.41, 5.74) is 8.58. The summed E-state index contributed by atoms with van der Waals surface area (Å²) in [5, 5.41) is 7.41. The number of hydrogen-bond acceptors (Lipinski definition) is 4. The average Bonchev–Trinajstić information content (AvgIpc) is 3.15. The predicted molar refractivity (Wildman–Crippen MR) is 93.1 cm³/mol. The lowest BCUT2D eigenvalue weighted by Crippen LogP contribution is -2.47. The average molecular weight is 345 g/mol. The fraction of sp³-hybridized carbons (Fsp3) is 0.444. The number of halogens is 1. The molecule has 7 heteroatoms. The lowest BCUT2D eigenvalue weighted by molar-refractivity contribution is -0.123. The van der Waals surface area contributed by atoms with Crippen molar-refractivity contribution in [3.63, 3.8) is 0 Å². The van der Waals surface area contributed by atoms with Gasteiger partial charge >= 0.3 is 0 Å². The molecule has 134 valence electrons. The van der Waals surface area contributed by atoms with Gasteiger partial charge in [-0.05, 0) is 39.3 Å². The monoisotopic (exact) mass is 345 g/mol. The largest absolute Gasteiger partial charge is 0.350 e. The van der Waals surface area contributed by atoms with Crippen LogP contribution in [0.2, 0.25) is 0 Å². The minimum atomic E-state index is -0.396. The molecule has 25 heavy (non-hydrogen) atoms. The normalized spacial score (nSPS) is 21.3. The minimum absolute atomic E-state index is 0.0557. The summed E-state index contributed by atoms with van der Waals surface area (Å²) >= 11 is 0. The number of aromatic nitrogens is 2. The molecule has 1 aromatic carbocycles. The first-order valence-corrected chi connectivity index (χ1v) is 8.51. The van der Waals surface area contributed by atoms with Gasteiger partial charge in [-0.25, -0.2) is 15.2 Å². The van der Waals surface area contributed by atoms with E-state index in [1.165, 1.54) is 6.07 Å². The van der Waals surface area contributed by atoms with Crippen LogP contribution in [0.1, 0.15) is 36.3 Å². The van der Waals surface area contributed by atoms with Gasteiger partial charge in [0.25, 0.3) is 0 Å². The first-order chi connectivity index (χ1) is 11.9.